The Morgan fingerprint density at radius 1 is 1.10 bits per heavy atom. The minimum atomic E-state index is -0.893. The van der Waals surface area contributed by atoms with E-state index in [0.29, 0.717) is 58.9 Å². The van der Waals surface area contributed by atoms with E-state index in [2.05, 4.69) is 4.90 Å². The number of amides is 2. The maximum Gasteiger partial charge on any atom is 0.236 e. The summed E-state index contributed by atoms with van der Waals surface area (Å²) in [7, 11) is 0. The molecule has 3 heterocycles. The molecule has 6 nitrogen and oxygen atoms in total. The Labute approximate surface area is 169 Å². The quantitative estimate of drug-likeness (QED) is 0.762. The Bertz CT molecular complexity index is 784. The number of likely N-dealkylation sites (tertiary alicyclic amines) is 2. The standard InChI is InChI=1S/C21H27F2N3O3/c22-17-4-1-3-16(19(17)23)13-26-7-2-5-21(20(26)28)6-8-24(15-21)14-18(27)25-9-11-29-12-10-25/h1,3-4H,2,5-15H2/t21-/m1/s1. The molecular formula is C21H27F2N3O3. The summed E-state index contributed by atoms with van der Waals surface area (Å²) in [6.07, 6.45) is 2.30. The van der Waals surface area contributed by atoms with Crippen LogP contribution in [-0.2, 0) is 20.9 Å². The van der Waals surface area contributed by atoms with Crippen LogP contribution in [0.2, 0.25) is 0 Å². The number of carbonyl (C=O) groups excluding carboxylic acids is 2. The van der Waals surface area contributed by atoms with Crippen LogP contribution in [0.15, 0.2) is 18.2 Å². The molecule has 8 heteroatoms. The van der Waals surface area contributed by atoms with E-state index in [1.807, 2.05) is 4.90 Å². The molecule has 3 saturated heterocycles. The molecule has 1 aromatic rings. The average Bonchev–Trinajstić information content (AvgIpc) is 3.13. The Kier molecular flexibility index (Phi) is 5.83. The maximum atomic E-state index is 14.1. The zero-order valence-electron chi connectivity index (χ0n) is 16.5. The lowest BCUT2D eigenvalue weighted by Gasteiger charge is -2.39. The molecule has 2 amide bonds. The van der Waals surface area contributed by atoms with E-state index in [0.717, 1.165) is 18.9 Å². The molecule has 0 unspecified atom stereocenters. The fourth-order valence-electron chi connectivity index (χ4n) is 4.76. The normalized spacial score (nSPS) is 25.8. The first-order valence-electron chi connectivity index (χ1n) is 10.3. The maximum absolute atomic E-state index is 14.1. The average molecular weight is 407 g/mol. The van der Waals surface area contributed by atoms with E-state index in [1.54, 1.807) is 4.90 Å². The van der Waals surface area contributed by atoms with Crippen LogP contribution in [-0.4, -0.2) is 79.0 Å². The summed E-state index contributed by atoms with van der Waals surface area (Å²) in [4.78, 5) is 31.3. The number of benzene rings is 1. The van der Waals surface area contributed by atoms with Crippen LogP contribution < -0.4 is 0 Å². The summed E-state index contributed by atoms with van der Waals surface area (Å²) in [5.41, 5.74) is -0.319. The van der Waals surface area contributed by atoms with E-state index < -0.39 is 17.0 Å². The highest BCUT2D eigenvalue weighted by atomic mass is 19.2. The van der Waals surface area contributed by atoms with Gasteiger partial charge in [0.05, 0.1) is 25.2 Å². The minimum absolute atomic E-state index is 0.00580. The molecule has 158 valence electrons. The number of piperidine rings is 1. The van der Waals surface area contributed by atoms with Gasteiger partial charge >= 0.3 is 0 Å². The molecule has 3 aliphatic heterocycles. The largest absolute Gasteiger partial charge is 0.378 e. The van der Waals surface area contributed by atoms with Crippen LogP contribution in [0.4, 0.5) is 8.78 Å². The van der Waals surface area contributed by atoms with Crippen molar-refractivity contribution in [3.05, 3.63) is 35.4 Å². The van der Waals surface area contributed by atoms with Crippen LogP contribution in [0.3, 0.4) is 0 Å². The predicted octanol–water partition coefficient (Wildman–Crippen LogP) is 1.64. The SMILES string of the molecule is O=C(CN1CC[C@]2(CCCN(Cc3cccc(F)c3F)C2=O)C1)N1CCOCC1. The third-order valence-corrected chi connectivity index (χ3v) is 6.37. The minimum Gasteiger partial charge on any atom is -0.378 e. The number of morpholine rings is 1. The second-order valence-corrected chi connectivity index (χ2v) is 8.28. The molecule has 1 aromatic carbocycles. The van der Waals surface area contributed by atoms with Gasteiger partial charge in [-0.05, 0) is 31.9 Å². The van der Waals surface area contributed by atoms with Crippen molar-refractivity contribution in [2.45, 2.75) is 25.8 Å². The van der Waals surface area contributed by atoms with E-state index in [4.69, 9.17) is 4.74 Å². The number of ether oxygens (including phenoxy) is 1. The zero-order valence-corrected chi connectivity index (χ0v) is 16.5. The van der Waals surface area contributed by atoms with Crippen LogP contribution >= 0.6 is 0 Å². The van der Waals surface area contributed by atoms with E-state index in [-0.39, 0.29) is 23.9 Å². The Hall–Kier alpha value is -2.06. The molecule has 0 radical (unpaired) electrons. The van der Waals surface area contributed by atoms with Crippen molar-refractivity contribution < 1.29 is 23.1 Å². The first-order valence-corrected chi connectivity index (χ1v) is 10.3. The number of halogens is 2. The third-order valence-electron chi connectivity index (χ3n) is 6.37. The zero-order chi connectivity index (χ0) is 20.4. The van der Waals surface area contributed by atoms with Gasteiger partial charge in [0.15, 0.2) is 11.6 Å². The summed E-state index contributed by atoms with van der Waals surface area (Å²) in [5, 5.41) is 0. The summed E-state index contributed by atoms with van der Waals surface area (Å²) in [5.74, 6) is -1.71. The molecule has 0 N–H and O–H groups in total. The fourth-order valence-corrected chi connectivity index (χ4v) is 4.76. The lowest BCUT2D eigenvalue weighted by molar-refractivity contribution is -0.147. The first-order chi connectivity index (χ1) is 14.0. The van der Waals surface area contributed by atoms with Gasteiger partial charge in [-0.1, -0.05) is 12.1 Å². The molecule has 0 aromatic heterocycles. The number of nitrogens with zero attached hydrogens (tertiary/aromatic N) is 3. The van der Waals surface area contributed by atoms with Gasteiger partial charge in [-0.2, -0.15) is 0 Å². The van der Waals surface area contributed by atoms with Crippen molar-refractivity contribution in [2.75, 3.05) is 52.5 Å². The highest BCUT2D eigenvalue weighted by Crippen LogP contribution is 2.40. The molecule has 3 aliphatic rings. The predicted molar refractivity (Wildman–Crippen MR) is 102 cm³/mol. The van der Waals surface area contributed by atoms with Gasteiger partial charge in [-0.15, -0.1) is 0 Å². The number of rotatable bonds is 4. The molecule has 1 spiro atoms. The lowest BCUT2D eigenvalue weighted by atomic mass is 9.78. The summed E-state index contributed by atoms with van der Waals surface area (Å²) in [6, 6.07) is 4.07. The molecule has 1 atom stereocenters. The molecule has 0 saturated carbocycles. The van der Waals surface area contributed by atoms with Gasteiger partial charge in [-0.25, -0.2) is 8.78 Å². The van der Waals surface area contributed by atoms with Crippen LogP contribution in [0.25, 0.3) is 0 Å². The first kappa shape index (κ1) is 20.2. The second-order valence-electron chi connectivity index (χ2n) is 8.28. The van der Waals surface area contributed by atoms with Crippen LogP contribution in [0, 0.1) is 17.0 Å². The van der Waals surface area contributed by atoms with Crippen molar-refractivity contribution in [3.63, 3.8) is 0 Å². The number of hydrogen-bond donors (Lipinski definition) is 0. The fraction of sp³-hybridized carbons (Fsp3) is 0.619. The Balaban J connectivity index is 1.39. The van der Waals surface area contributed by atoms with Crippen molar-refractivity contribution in [2.24, 2.45) is 5.41 Å². The van der Waals surface area contributed by atoms with Crippen molar-refractivity contribution in [1.29, 1.82) is 0 Å². The molecular weight excluding hydrogens is 380 g/mol. The molecule has 29 heavy (non-hydrogen) atoms. The van der Waals surface area contributed by atoms with E-state index in [9.17, 15) is 18.4 Å². The highest BCUT2D eigenvalue weighted by molar-refractivity contribution is 5.84. The molecule has 0 bridgehead atoms. The van der Waals surface area contributed by atoms with Gasteiger partial charge in [0.25, 0.3) is 0 Å². The molecule has 0 aliphatic carbocycles. The van der Waals surface area contributed by atoms with Gasteiger partial charge in [0, 0.05) is 38.3 Å². The van der Waals surface area contributed by atoms with E-state index >= 15 is 0 Å². The molecule has 3 fully saturated rings. The van der Waals surface area contributed by atoms with Gasteiger partial charge < -0.3 is 14.5 Å². The smallest absolute Gasteiger partial charge is 0.236 e. The second kappa shape index (κ2) is 8.36. The van der Waals surface area contributed by atoms with Crippen LogP contribution in [0.1, 0.15) is 24.8 Å². The number of carbonyl (C=O) groups is 2. The Morgan fingerprint density at radius 2 is 1.90 bits per heavy atom. The number of hydrogen-bond acceptors (Lipinski definition) is 4. The summed E-state index contributed by atoms with van der Waals surface area (Å²) < 4.78 is 32.9. The van der Waals surface area contributed by atoms with Gasteiger partial charge in [0.1, 0.15) is 0 Å². The topological polar surface area (TPSA) is 53.1 Å². The van der Waals surface area contributed by atoms with Crippen molar-refractivity contribution >= 4 is 11.8 Å². The van der Waals surface area contributed by atoms with Crippen molar-refractivity contribution in [1.82, 2.24) is 14.7 Å². The summed E-state index contributed by atoms with van der Waals surface area (Å²) >= 11 is 0. The summed E-state index contributed by atoms with van der Waals surface area (Å²) in [6.45, 7) is 4.55. The van der Waals surface area contributed by atoms with E-state index in [1.165, 1.54) is 12.1 Å². The Morgan fingerprint density at radius 3 is 2.69 bits per heavy atom. The van der Waals surface area contributed by atoms with Crippen LogP contribution in [0.5, 0.6) is 0 Å². The van der Waals surface area contributed by atoms with Gasteiger partial charge in [-0.3, -0.25) is 14.5 Å². The third kappa shape index (κ3) is 4.14. The van der Waals surface area contributed by atoms with Gasteiger partial charge in [0.2, 0.25) is 11.8 Å². The lowest BCUT2D eigenvalue weighted by Crippen LogP contribution is -2.50. The molecule has 4 rings (SSSR count). The van der Waals surface area contributed by atoms with Crippen molar-refractivity contribution in [3.8, 4) is 0 Å². The highest BCUT2D eigenvalue weighted by Gasteiger charge is 2.48. The monoisotopic (exact) mass is 407 g/mol.